The van der Waals surface area contributed by atoms with Crippen molar-refractivity contribution in [1.29, 1.82) is 0 Å². The van der Waals surface area contributed by atoms with Gasteiger partial charge in [-0.15, -0.1) is 0 Å². The highest BCUT2D eigenvalue weighted by Crippen LogP contribution is 2.11. The molecule has 2 aromatic carbocycles. The van der Waals surface area contributed by atoms with Crippen LogP contribution in [0.15, 0.2) is 42.5 Å². The molecule has 2 rings (SSSR count). The lowest BCUT2D eigenvalue weighted by molar-refractivity contribution is 0.0953. The van der Waals surface area contributed by atoms with E-state index < -0.39 is 5.82 Å². The van der Waals surface area contributed by atoms with E-state index in [1.54, 1.807) is 38.2 Å². The molecule has 7 heteroatoms. The highest BCUT2D eigenvalue weighted by molar-refractivity contribution is 6.30. The third-order valence-corrected chi connectivity index (χ3v) is 4.05. The Morgan fingerprint density at radius 3 is 2.38 bits per heavy atom. The Bertz CT molecular complexity index is 781. The lowest BCUT2D eigenvalue weighted by Gasteiger charge is -2.18. The zero-order valence-corrected chi connectivity index (χ0v) is 15.4. The highest BCUT2D eigenvalue weighted by atomic mass is 35.5. The second kappa shape index (κ2) is 9.20. The smallest absolute Gasteiger partial charge is 0.317 e. The number of nitrogens with zero attached hydrogens (tertiary/aromatic N) is 1. The highest BCUT2D eigenvalue weighted by Gasteiger charge is 2.10. The van der Waals surface area contributed by atoms with Crippen molar-refractivity contribution in [3.8, 4) is 0 Å². The van der Waals surface area contributed by atoms with Crippen LogP contribution in [0.4, 0.5) is 9.18 Å². The zero-order chi connectivity index (χ0) is 19.1. The van der Waals surface area contributed by atoms with Crippen LogP contribution >= 0.6 is 11.6 Å². The first-order valence-corrected chi connectivity index (χ1v) is 8.52. The molecule has 0 aliphatic heterocycles. The summed E-state index contributed by atoms with van der Waals surface area (Å²) in [7, 11) is 1.68. The number of amides is 3. The van der Waals surface area contributed by atoms with Gasteiger partial charge >= 0.3 is 6.03 Å². The van der Waals surface area contributed by atoms with Crippen LogP contribution < -0.4 is 10.6 Å². The maximum absolute atomic E-state index is 13.5. The first-order chi connectivity index (χ1) is 12.4. The largest absolute Gasteiger partial charge is 0.350 e. The Morgan fingerprint density at radius 2 is 1.73 bits per heavy atom. The Balaban J connectivity index is 1.72. The van der Waals surface area contributed by atoms with Crippen molar-refractivity contribution in [1.82, 2.24) is 15.5 Å². The zero-order valence-electron chi connectivity index (χ0n) is 14.7. The summed E-state index contributed by atoms with van der Waals surface area (Å²) in [6.45, 7) is 2.59. The molecule has 138 valence electrons. The fourth-order valence-electron chi connectivity index (χ4n) is 2.25. The maximum Gasteiger partial charge on any atom is 0.317 e. The number of carbonyl (C=O) groups is 2. The Morgan fingerprint density at radius 1 is 1.08 bits per heavy atom. The number of carbonyl (C=O) groups excluding carboxylic acids is 2. The van der Waals surface area contributed by atoms with E-state index in [4.69, 9.17) is 11.6 Å². The average Bonchev–Trinajstić information content (AvgIpc) is 2.62. The lowest BCUT2D eigenvalue weighted by Crippen LogP contribution is -2.41. The predicted octanol–water partition coefficient (Wildman–Crippen LogP) is 3.36. The fraction of sp³-hybridized carbons (Fsp3) is 0.263. The summed E-state index contributed by atoms with van der Waals surface area (Å²) in [5.74, 6) is -0.803. The number of rotatable bonds is 6. The van der Waals surface area contributed by atoms with Gasteiger partial charge in [0.15, 0.2) is 0 Å². The average molecular weight is 378 g/mol. The number of nitrogens with one attached hydrogen (secondary N) is 2. The Labute approximate surface area is 157 Å². The predicted molar refractivity (Wildman–Crippen MR) is 99.8 cm³/mol. The second-order valence-electron chi connectivity index (χ2n) is 5.93. The van der Waals surface area contributed by atoms with Crippen LogP contribution in [-0.2, 0) is 6.54 Å². The van der Waals surface area contributed by atoms with Gasteiger partial charge in [-0.25, -0.2) is 9.18 Å². The standard InChI is InChI=1S/C19H21ClFN3O2/c1-13-3-6-15(11-17(13)21)18(25)22-9-10-23-19(26)24(2)12-14-4-7-16(20)8-5-14/h3-8,11H,9-10,12H2,1-2H3,(H,22,25)(H,23,26). The third-order valence-electron chi connectivity index (χ3n) is 3.80. The number of benzene rings is 2. The van der Waals surface area contributed by atoms with E-state index in [-0.39, 0.29) is 30.6 Å². The van der Waals surface area contributed by atoms with Crippen molar-refractivity contribution < 1.29 is 14.0 Å². The van der Waals surface area contributed by atoms with E-state index in [0.29, 0.717) is 17.1 Å². The third kappa shape index (κ3) is 5.74. The molecule has 0 spiro atoms. The molecule has 0 atom stereocenters. The maximum atomic E-state index is 13.5. The first kappa shape index (κ1) is 19.7. The van der Waals surface area contributed by atoms with Gasteiger partial charge < -0.3 is 15.5 Å². The Hall–Kier alpha value is -2.60. The van der Waals surface area contributed by atoms with Gasteiger partial charge in [-0.1, -0.05) is 29.8 Å². The molecule has 26 heavy (non-hydrogen) atoms. The number of urea groups is 1. The van der Waals surface area contributed by atoms with E-state index in [0.717, 1.165) is 5.56 Å². The molecule has 0 saturated carbocycles. The second-order valence-corrected chi connectivity index (χ2v) is 6.37. The molecule has 0 bridgehead atoms. The lowest BCUT2D eigenvalue weighted by atomic mass is 10.1. The monoisotopic (exact) mass is 377 g/mol. The minimum Gasteiger partial charge on any atom is -0.350 e. The van der Waals surface area contributed by atoms with Crippen LogP contribution in [-0.4, -0.2) is 37.0 Å². The number of aryl methyl sites for hydroxylation is 1. The van der Waals surface area contributed by atoms with Gasteiger partial charge in [-0.05, 0) is 42.3 Å². The van der Waals surface area contributed by atoms with Crippen LogP contribution in [0.5, 0.6) is 0 Å². The van der Waals surface area contributed by atoms with Crippen LogP contribution in [0.2, 0.25) is 5.02 Å². The number of hydrogen-bond acceptors (Lipinski definition) is 2. The van der Waals surface area contributed by atoms with Crippen molar-refractivity contribution in [3.63, 3.8) is 0 Å². The molecular formula is C19H21ClFN3O2. The summed E-state index contributed by atoms with van der Waals surface area (Å²) < 4.78 is 13.5. The minimum absolute atomic E-state index is 0.245. The molecule has 0 aliphatic carbocycles. The van der Waals surface area contributed by atoms with E-state index in [9.17, 15) is 14.0 Å². The van der Waals surface area contributed by atoms with Gasteiger partial charge in [0.05, 0.1) is 0 Å². The molecule has 5 nitrogen and oxygen atoms in total. The molecule has 0 aliphatic rings. The fourth-order valence-corrected chi connectivity index (χ4v) is 2.38. The van der Waals surface area contributed by atoms with Gasteiger partial charge in [0.2, 0.25) is 0 Å². The summed E-state index contributed by atoms with van der Waals surface area (Å²) in [6.07, 6.45) is 0. The quantitative estimate of drug-likeness (QED) is 0.758. The molecular weight excluding hydrogens is 357 g/mol. The molecule has 0 saturated heterocycles. The summed E-state index contributed by atoms with van der Waals surface area (Å²) in [5.41, 5.74) is 1.69. The summed E-state index contributed by atoms with van der Waals surface area (Å²) in [5, 5.41) is 6.00. The van der Waals surface area contributed by atoms with Gasteiger partial charge in [-0.2, -0.15) is 0 Å². The topological polar surface area (TPSA) is 61.4 Å². The summed E-state index contributed by atoms with van der Waals surface area (Å²) in [4.78, 5) is 25.5. The van der Waals surface area contributed by atoms with E-state index in [1.165, 1.54) is 11.0 Å². The molecule has 0 fully saturated rings. The van der Waals surface area contributed by atoms with Gasteiger partial charge in [0.25, 0.3) is 5.91 Å². The molecule has 3 amide bonds. The van der Waals surface area contributed by atoms with Crippen LogP contribution in [0.3, 0.4) is 0 Å². The van der Waals surface area contributed by atoms with Gasteiger partial charge in [-0.3, -0.25) is 4.79 Å². The normalized spacial score (nSPS) is 10.3. The van der Waals surface area contributed by atoms with Crippen molar-refractivity contribution >= 4 is 23.5 Å². The molecule has 2 N–H and O–H groups in total. The first-order valence-electron chi connectivity index (χ1n) is 8.14. The summed E-state index contributed by atoms with van der Waals surface area (Å²) >= 11 is 5.83. The van der Waals surface area contributed by atoms with E-state index >= 15 is 0 Å². The number of halogens is 2. The van der Waals surface area contributed by atoms with Crippen LogP contribution in [0.25, 0.3) is 0 Å². The minimum atomic E-state index is -0.422. The molecule has 0 aromatic heterocycles. The Kier molecular flexibility index (Phi) is 6.97. The van der Waals surface area contributed by atoms with Crippen LogP contribution in [0, 0.1) is 12.7 Å². The van der Waals surface area contributed by atoms with Crippen molar-refractivity contribution in [2.45, 2.75) is 13.5 Å². The molecule has 2 aromatic rings. The van der Waals surface area contributed by atoms with Gasteiger partial charge in [0, 0.05) is 37.3 Å². The van der Waals surface area contributed by atoms with Crippen molar-refractivity contribution in [2.75, 3.05) is 20.1 Å². The number of hydrogen-bond donors (Lipinski definition) is 2. The van der Waals surface area contributed by atoms with Crippen LogP contribution in [0.1, 0.15) is 21.5 Å². The van der Waals surface area contributed by atoms with Crippen molar-refractivity contribution in [3.05, 3.63) is 70.0 Å². The van der Waals surface area contributed by atoms with Gasteiger partial charge in [0.1, 0.15) is 5.82 Å². The molecule has 0 unspecified atom stereocenters. The van der Waals surface area contributed by atoms with Crippen molar-refractivity contribution in [2.24, 2.45) is 0 Å². The molecule has 0 heterocycles. The SMILES string of the molecule is Cc1ccc(C(=O)NCCNC(=O)N(C)Cc2ccc(Cl)cc2)cc1F. The van der Waals surface area contributed by atoms with E-state index in [1.807, 2.05) is 12.1 Å². The summed E-state index contributed by atoms with van der Waals surface area (Å²) in [6, 6.07) is 11.3. The van der Waals surface area contributed by atoms with E-state index in [2.05, 4.69) is 10.6 Å². The molecule has 0 radical (unpaired) electrons.